The summed E-state index contributed by atoms with van der Waals surface area (Å²) in [5.74, 6) is -0.174. The van der Waals surface area contributed by atoms with Crippen molar-refractivity contribution in [3.05, 3.63) is 57.4 Å². The fourth-order valence-corrected chi connectivity index (χ4v) is 4.81. The Labute approximate surface area is 197 Å². The number of hydrogen-bond acceptors (Lipinski definition) is 7. The number of anilines is 1. The van der Waals surface area contributed by atoms with Gasteiger partial charge in [-0.2, -0.15) is 0 Å². The van der Waals surface area contributed by atoms with Gasteiger partial charge in [-0.25, -0.2) is 4.79 Å². The van der Waals surface area contributed by atoms with Gasteiger partial charge in [0, 0.05) is 14.9 Å². The molecule has 1 fully saturated rings. The number of hydrogen-bond donors (Lipinski definition) is 0. The molecular weight excluding hydrogens is 506 g/mol. The van der Waals surface area contributed by atoms with Gasteiger partial charge in [-0.3, -0.25) is 9.69 Å². The molecular formula is C21H18BrNO4S3. The molecule has 1 aliphatic rings. The number of carbonyl (C=O) groups is 2. The molecule has 0 unspecified atom stereocenters. The van der Waals surface area contributed by atoms with E-state index in [1.54, 1.807) is 36.9 Å². The molecule has 1 amide bonds. The standard InChI is InChI=1S/C21H18BrNO4S3/c1-3-26-19(24)12-27-17-8-7-14(22)9-13(17)10-18-20(25)23(21(28)30-18)15-5-4-6-16(11-15)29-2/h4-11H,3,12H2,1-2H3/b18-10+. The van der Waals surface area contributed by atoms with Crippen LogP contribution < -0.4 is 9.64 Å². The third-order valence-corrected chi connectivity index (χ3v) is 6.54. The van der Waals surface area contributed by atoms with Gasteiger partial charge in [-0.05, 0) is 55.7 Å². The van der Waals surface area contributed by atoms with E-state index < -0.39 is 5.97 Å². The zero-order valence-corrected chi connectivity index (χ0v) is 20.3. The average Bonchev–Trinajstić information content (AvgIpc) is 3.00. The van der Waals surface area contributed by atoms with Crippen molar-refractivity contribution in [3.8, 4) is 5.75 Å². The molecule has 0 atom stereocenters. The molecule has 5 nitrogen and oxygen atoms in total. The molecule has 9 heteroatoms. The fourth-order valence-electron chi connectivity index (χ4n) is 2.68. The van der Waals surface area contributed by atoms with E-state index in [9.17, 15) is 9.59 Å². The van der Waals surface area contributed by atoms with Crippen molar-refractivity contribution in [1.29, 1.82) is 0 Å². The minimum Gasteiger partial charge on any atom is -0.481 e. The van der Waals surface area contributed by atoms with E-state index >= 15 is 0 Å². The molecule has 0 aromatic heterocycles. The zero-order valence-electron chi connectivity index (χ0n) is 16.2. The van der Waals surface area contributed by atoms with Crippen LogP contribution in [0.3, 0.4) is 0 Å². The number of thiocarbonyl (C=S) groups is 1. The van der Waals surface area contributed by atoms with Gasteiger partial charge >= 0.3 is 5.97 Å². The lowest BCUT2D eigenvalue weighted by molar-refractivity contribution is -0.145. The summed E-state index contributed by atoms with van der Waals surface area (Å²) in [6, 6.07) is 13.0. The highest BCUT2D eigenvalue weighted by molar-refractivity contribution is 9.10. The molecule has 0 radical (unpaired) electrons. The molecule has 0 N–H and O–H groups in total. The SMILES string of the molecule is CCOC(=O)COc1ccc(Br)cc1/C=C1/SC(=S)N(c2cccc(SC)c2)C1=O. The first-order valence-electron chi connectivity index (χ1n) is 8.93. The Kier molecular flexibility index (Phi) is 7.99. The summed E-state index contributed by atoms with van der Waals surface area (Å²) in [6.45, 7) is 1.81. The Morgan fingerprint density at radius 3 is 2.83 bits per heavy atom. The Hall–Kier alpha value is -1.81. The number of esters is 1. The molecule has 0 saturated carbocycles. The first-order valence-corrected chi connectivity index (χ1v) is 12.2. The third-order valence-electron chi connectivity index (χ3n) is 4.01. The summed E-state index contributed by atoms with van der Waals surface area (Å²) < 4.78 is 11.8. The lowest BCUT2D eigenvalue weighted by Gasteiger charge is -2.15. The predicted octanol–water partition coefficient (Wildman–Crippen LogP) is 5.52. The van der Waals surface area contributed by atoms with Crippen molar-refractivity contribution >= 4 is 79.6 Å². The van der Waals surface area contributed by atoms with Crippen LogP contribution in [0.5, 0.6) is 5.75 Å². The van der Waals surface area contributed by atoms with Gasteiger partial charge in [-0.15, -0.1) is 11.8 Å². The topological polar surface area (TPSA) is 55.8 Å². The van der Waals surface area contributed by atoms with Gasteiger partial charge in [0.1, 0.15) is 5.75 Å². The maximum Gasteiger partial charge on any atom is 0.344 e. The summed E-state index contributed by atoms with van der Waals surface area (Å²) in [6.07, 6.45) is 3.71. The Bertz CT molecular complexity index is 1030. The first kappa shape index (κ1) is 22.9. The second-order valence-corrected chi connectivity index (χ2v) is 9.47. The van der Waals surface area contributed by atoms with Gasteiger partial charge in [0.15, 0.2) is 10.9 Å². The van der Waals surface area contributed by atoms with Crippen LogP contribution in [0.4, 0.5) is 5.69 Å². The Morgan fingerprint density at radius 1 is 1.30 bits per heavy atom. The number of thioether (sulfide) groups is 2. The molecule has 3 rings (SSSR count). The molecule has 2 aromatic rings. The van der Waals surface area contributed by atoms with Crippen LogP contribution in [0.2, 0.25) is 0 Å². The average molecular weight is 524 g/mol. The van der Waals surface area contributed by atoms with E-state index in [4.69, 9.17) is 21.7 Å². The zero-order chi connectivity index (χ0) is 21.7. The number of rotatable bonds is 7. The van der Waals surface area contributed by atoms with E-state index in [-0.39, 0.29) is 19.1 Å². The Balaban J connectivity index is 1.88. The number of ether oxygens (including phenoxy) is 2. The van der Waals surface area contributed by atoms with Gasteiger partial charge < -0.3 is 9.47 Å². The van der Waals surface area contributed by atoms with Crippen molar-refractivity contribution in [2.75, 3.05) is 24.4 Å². The van der Waals surface area contributed by atoms with Crippen LogP contribution in [-0.2, 0) is 14.3 Å². The second-order valence-electron chi connectivity index (χ2n) is 5.99. The lowest BCUT2D eigenvalue weighted by Crippen LogP contribution is -2.27. The van der Waals surface area contributed by atoms with Crippen LogP contribution in [0.15, 0.2) is 56.7 Å². The van der Waals surface area contributed by atoms with Crippen LogP contribution in [0.1, 0.15) is 12.5 Å². The molecule has 2 aromatic carbocycles. The minimum atomic E-state index is -0.452. The molecule has 1 aliphatic heterocycles. The molecule has 0 aliphatic carbocycles. The molecule has 30 heavy (non-hydrogen) atoms. The normalized spacial score (nSPS) is 15.0. The number of amides is 1. The van der Waals surface area contributed by atoms with Crippen LogP contribution in [0.25, 0.3) is 6.08 Å². The quantitative estimate of drug-likeness (QED) is 0.205. The first-order chi connectivity index (χ1) is 14.4. The van der Waals surface area contributed by atoms with Crippen molar-refractivity contribution in [1.82, 2.24) is 0 Å². The number of benzene rings is 2. The molecule has 0 bridgehead atoms. The molecule has 0 spiro atoms. The lowest BCUT2D eigenvalue weighted by atomic mass is 10.2. The molecule has 156 valence electrons. The predicted molar refractivity (Wildman–Crippen MR) is 130 cm³/mol. The fraction of sp³-hybridized carbons (Fsp3) is 0.190. The van der Waals surface area contributed by atoms with E-state index in [0.29, 0.717) is 20.5 Å². The van der Waals surface area contributed by atoms with Crippen molar-refractivity contribution in [2.45, 2.75) is 11.8 Å². The molecule has 1 saturated heterocycles. The van der Waals surface area contributed by atoms with E-state index in [1.165, 1.54) is 16.7 Å². The minimum absolute atomic E-state index is 0.195. The highest BCUT2D eigenvalue weighted by Crippen LogP contribution is 2.38. The summed E-state index contributed by atoms with van der Waals surface area (Å²) in [4.78, 5) is 27.8. The largest absolute Gasteiger partial charge is 0.481 e. The smallest absolute Gasteiger partial charge is 0.344 e. The van der Waals surface area contributed by atoms with Gasteiger partial charge in [0.05, 0.1) is 17.2 Å². The number of halogens is 1. The number of carbonyl (C=O) groups excluding carboxylic acids is 2. The number of nitrogens with zero attached hydrogens (tertiary/aromatic N) is 1. The highest BCUT2D eigenvalue weighted by atomic mass is 79.9. The van der Waals surface area contributed by atoms with Gasteiger partial charge in [-0.1, -0.05) is 46.0 Å². The van der Waals surface area contributed by atoms with Crippen LogP contribution in [0, 0.1) is 0 Å². The van der Waals surface area contributed by atoms with Crippen molar-refractivity contribution in [2.24, 2.45) is 0 Å². The van der Waals surface area contributed by atoms with Gasteiger partial charge in [0.25, 0.3) is 5.91 Å². The summed E-state index contributed by atoms with van der Waals surface area (Å²) >= 11 is 11.7. The van der Waals surface area contributed by atoms with Crippen molar-refractivity contribution < 1.29 is 19.1 Å². The van der Waals surface area contributed by atoms with Crippen molar-refractivity contribution in [3.63, 3.8) is 0 Å². The summed E-state index contributed by atoms with van der Waals surface area (Å²) in [5, 5.41) is 0. The highest BCUT2D eigenvalue weighted by Gasteiger charge is 2.33. The van der Waals surface area contributed by atoms with Crippen LogP contribution in [-0.4, -0.2) is 35.7 Å². The van der Waals surface area contributed by atoms with E-state index in [2.05, 4.69) is 15.9 Å². The molecule has 1 heterocycles. The summed E-state index contributed by atoms with van der Waals surface area (Å²) in [5.41, 5.74) is 1.40. The summed E-state index contributed by atoms with van der Waals surface area (Å²) in [7, 11) is 0. The maximum absolute atomic E-state index is 13.1. The van der Waals surface area contributed by atoms with E-state index in [0.717, 1.165) is 15.1 Å². The second kappa shape index (κ2) is 10.5. The third kappa shape index (κ3) is 5.46. The maximum atomic E-state index is 13.1. The van der Waals surface area contributed by atoms with Crippen LogP contribution >= 0.6 is 51.7 Å². The monoisotopic (exact) mass is 523 g/mol. The van der Waals surface area contributed by atoms with Gasteiger partial charge in [0.2, 0.25) is 0 Å². The van der Waals surface area contributed by atoms with E-state index in [1.807, 2.05) is 36.6 Å². The Morgan fingerprint density at radius 2 is 2.10 bits per heavy atom.